The first-order chi connectivity index (χ1) is 18.3. The fourth-order valence-corrected chi connectivity index (χ4v) is 4.78. The summed E-state index contributed by atoms with van der Waals surface area (Å²) in [6, 6.07) is 13.6. The van der Waals surface area contributed by atoms with Gasteiger partial charge in [0.25, 0.3) is 5.91 Å². The first-order valence-corrected chi connectivity index (χ1v) is 12.8. The fraction of sp³-hybridized carbons (Fsp3) is 0.414. The Morgan fingerprint density at radius 2 is 1.59 bits per heavy atom. The van der Waals surface area contributed by atoms with Gasteiger partial charge in [-0.05, 0) is 82.3 Å². The smallest absolute Gasteiger partial charge is 0.416 e. The Morgan fingerprint density at radius 3 is 2.15 bits per heavy atom. The normalized spacial score (nSPS) is 17.9. The van der Waals surface area contributed by atoms with Crippen LogP contribution in [0.2, 0.25) is 0 Å². The zero-order valence-corrected chi connectivity index (χ0v) is 22.1. The molecule has 3 aromatic rings. The van der Waals surface area contributed by atoms with Gasteiger partial charge in [-0.2, -0.15) is 18.4 Å². The zero-order chi connectivity index (χ0) is 28.4. The molecule has 0 unspecified atom stereocenters. The van der Waals surface area contributed by atoms with Gasteiger partial charge in [-0.3, -0.25) is 4.79 Å². The molecule has 1 heterocycles. The molecule has 0 bridgehead atoms. The van der Waals surface area contributed by atoms with E-state index in [1.165, 1.54) is 12.1 Å². The highest BCUT2D eigenvalue weighted by Gasteiger charge is 2.30. The van der Waals surface area contributed by atoms with Gasteiger partial charge < -0.3 is 19.9 Å². The van der Waals surface area contributed by atoms with E-state index in [2.05, 4.69) is 16.7 Å². The third kappa shape index (κ3) is 7.11. The molecule has 2 aromatic carbocycles. The summed E-state index contributed by atoms with van der Waals surface area (Å²) in [6.07, 6.45) is -2.19. The van der Waals surface area contributed by atoms with Crippen molar-refractivity contribution in [3.8, 4) is 6.07 Å². The van der Waals surface area contributed by atoms with Crippen molar-refractivity contribution in [3.63, 3.8) is 0 Å². The number of halogens is 3. The lowest BCUT2D eigenvalue weighted by atomic mass is 9.91. The number of rotatable bonds is 5. The van der Waals surface area contributed by atoms with Gasteiger partial charge in [-0.25, -0.2) is 4.79 Å². The van der Waals surface area contributed by atoms with Crippen LogP contribution in [-0.4, -0.2) is 34.3 Å². The van der Waals surface area contributed by atoms with Gasteiger partial charge in [0.2, 0.25) is 0 Å². The van der Waals surface area contributed by atoms with E-state index in [1.807, 2.05) is 0 Å². The SMILES string of the molecule is CC(C)(C)OC(=O)NC1CCC(NC(=O)c2cc3ccc(C#N)cc3n2Cc2ccc(C(F)(F)F)cc2)CC1. The van der Waals surface area contributed by atoms with Gasteiger partial charge in [0, 0.05) is 24.0 Å². The molecule has 1 aromatic heterocycles. The lowest BCUT2D eigenvalue weighted by molar-refractivity contribution is -0.137. The summed E-state index contributed by atoms with van der Waals surface area (Å²) < 4.78 is 46.1. The van der Waals surface area contributed by atoms with E-state index in [1.54, 1.807) is 49.6 Å². The maximum atomic E-state index is 13.4. The number of carbonyl (C=O) groups excluding carboxylic acids is 2. The van der Waals surface area contributed by atoms with Crippen LogP contribution in [0.15, 0.2) is 48.5 Å². The number of hydrogen-bond acceptors (Lipinski definition) is 4. The van der Waals surface area contributed by atoms with Crippen LogP contribution in [0.4, 0.5) is 18.0 Å². The molecular weight excluding hydrogens is 509 g/mol. The number of carbonyl (C=O) groups is 2. The van der Waals surface area contributed by atoms with Crippen LogP contribution in [0.1, 0.15) is 73.6 Å². The van der Waals surface area contributed by atoms with E-state index in [-0.39, 0.29) is 24.5 Å². The summed E-state index contributed by atoms with van der Waals surface area (Å²) >= 11 is 0. The molecule has 1 aliphatic rings. The molecule has 0 spiro atoms. The molecule has 2 amide bonds. The third-order valence-electron chi connectivity index (χ3n) is 6.67. The Kier molecular flexibility index (Phi) is 7.91. The molecule has 1 aliphatic carbocycles. The first-order valence-electron chi connectivity index (χ1n) is 12.8. The monoisotopic (exact) mass is 540 g/mol. The third-order valence-corrected chi connectivity index (χ3v) is 6.67. The highest BCUT2D eigenvalue weighted by molar-refractivity contribution is 5.99. The van der Waals surface area contributed by atoms with Gasteiger partial charge in [0.15, 0.2) is 0 Å². The van der Waals surface area contributed by atoms with Gasteiger partial charge in [-0.1, -0.05) is 18.2 Å². The summed E-state index contributed by atoms with van der Waals surface area (Å²) in [5.74, 6) is -0.305. The fourth-order valence-electron chi connectivity index (χ4n) is 4.78. The minimum Gasteiger partial charge on any atom is -0.444 e. The van der Waals surface area contributed by atoms with Gasteiger partial charge in [0.1, 0.15) is 11.3 Å². The molecule has 1 fully saturated rings. The molecule has 0 saturated heterocycles. The quantitative estimate of drug-likeness (QED) is 0.406. The molecular formula is C29H31F3N4O3. The molecule has 206 valence electrons. The van der Waals surface area contributed by atoms with E-state index in [4.69, 9.17) is 4.74 Å². The maximum Gasteiger partial charge on any atom is 0.416 e. The van der Waals surface area contributed by atoms with Crippen molar-refractivity contribution in [1.82, 2.24) is 15.2 Å². The summed E-state index contributed by atoms with van der Waals surface area (Å²) in [7, 11) is 0. The average Bonchev–Trinajstić information content (AvgIpc) is 3.21. The minimum absolute atomic E-state index is 0.0384. The Morgan fingerprint density at radius 1 is 0.974 bits per heavy atom. The topological polar surface area (TPSA) is 96.2 Å². The highest BCUT2D eigenvalue weighted by atomic mass is 19.4. The second-order valence-electron chi connectivity index (χ2n) is 10.9. The van der Waals surface area contributed by atoms with Crippen LogP contribution in [0, 0.1) is 11.3 Å². The van der Waals surface area contributed by atoms with Gasteiger partial charge in [-0.15, -0.1) is 0 Å². The number of ether oxygens (including phenoxy) is 1. The zero-order valence-electron chi connectivity index (χ0n) is 22.1. The van der Waals surface area contributed by atoms with Crippen molar-refractivity contribution in [3.05, 3.63) is 70.9 Å². The second kappa shape index (κ2) is 11.0. The standard InChI is InChI=1S/C29H31F3N4O3/c1-28(2,3)39-27(38)35-23-12-10-22(11-13-23)34-26(37)25-15-20-7-4-19(16-33)14-24(20)36(25)17-18-5-8-21(9-6-18)29(30,31)32/h4-9,14-15,22-23H,10-13,17H2,1-3H3,(H,34,37)(H,35,38). The van der Waals surface area contributed by atoms with Crippen molar-refractivity contribution in [2.45, 2.75) is 76.9 Å². The first kappa shape index (κ1) is 28.0. The molecule has 2 N–H and O–H groups in total. The summed E-state index contributed by atoms with van der Waals surface area (Å²) in [5.41, 5.74) is 0.674. The van der Waals surface area contributed by atoms with Gasteiger partial charge >= 0.3 is 12.3 Å². The maximum absolute atomic E-state index is 13.4. The van der Waals surface area contributed by atoms with Crippen LogP contribution < -0.4 is 10.6 Å². The number of alkyl carbamates (subject to hydrolysis) is 1. The molecule has 10 heteroatoms. The molecule has 0 atom stereocenters. The summed E-state index contributed by atoms with van der Waals surface area (Å²) in [6.45, 7) is 5.57. The Bertz CT molecular complexity index is 1390. The number of nitrogens with one attached hydrogen (secondary N) is 2. The summed E-state index contributed by atoms with van der Waals surface area (Å²) in [5, 5.41) is 16.1. The van der Waals surface area contributed by atoms with Gasteiger partial charge in [0.05, 0.1) is 22.7 Å². The Balaban J connectivity index is 1.49. The number of nitrogens with zero attached hydrogens (tertiary/aromatic N) is 2. The van der Waals surface area contributed by atoms with E-state index in [0.717, 1.165) is 17.5 Å². The highest BCUT2D eigenvalue weighted by Crippen LogP contribution is 2.30. The number of fused-ring (bicyclic) bond motifs is 1. The lowest BCUT2D eigenvalue weighted by Crippen LogP contribution is -2.45. The number of hydrogen-bond donors (Lipinski definition) is 2. The van der Waals surface area contributed by atoms with E-state index < -0.39 is 23.4 Å². The Hall–Kier alpha value is -4.00. The Labute approximate surface area is 224 Å². The number of alkyl halides is 3. The minimum atomic E-state index is -4.44. The van der Waals surface area contributed by atoms with Crippen molar-refractivity contribution >= 4 is 22.9 Å². The van der Waals surface area contributed by atoms with Crippen LogP contribution in [0.25, 0.3) is 10.9 Å². The van der Waals surface area contributed by atoms with Crippen LogP contribution in [-0.2, 0) is 17.5 Å². The molecule has 4 rings (SSSR count). The average molecular weight is 541 g/mol. The predicted octanol–water partition coefficient (Wildman–Crippen LogP) is 6.15. The van der Waals surface area contributed by atoms with Crippen molar-refractivity contribution < 1.29 is 27.5 Å². The number of aromatic nitrogens is 1. The predicted molar refractivity (Wildman–Crippen MR) is 140 cm³/mol. The van der Waals surface area contributed by atoms with Crippen LogP contribution in [0.5, 0.6) is 0 Å². The molecule has 7 nitrogen and oxygen atoms in total. The van der Waals surface area contributed by atoms with E-state index in [0.29, 0.717) is 48.0 Å². The summed E-state index contributed by atoms with van der Waals surface area (Å²) in [4.78, 5) is 25.5. The number of amides is 2. The van der Waals surface area contributed by atoms with Crippen molar-refractivity contribution in [2.24, 2.45) is 0 Å². The number of nitriles is 1. The van der Waals surface area contributed by atoms with Crippen LogP contribution >= 0.6 is 0 Å². The molecule has 1 saturated carbocycles. The number of benzene rings is 2. The second-order valence-corrected chi connectivity index (χ2v) is 10.9. The largest absolute Gasteiger partial charge is 0.444 e. The van der Waals surface area contributed by atoms with Crippen LogP contribution in [0.3, 0.4) is 0 Å². The van der Waals surface area contributed by atoms with E-state index in [9.17, 15) is 28.0 Å². The van der Waals surface area contributed by atoms with Crippen molar-refractivity contribution in [2.75, 3.05) is 0 Å². The molecule has 0 radical (unpaired) electrons. The molecule has 0 aliphatic heterocycles. The van der Waals surface area contributed by atoms with E-state index >= 15 is 0 Å². The van der Waals surface area contributed by atoms with Crippen molar-refractivity contribution in [1.29, 1.82) is 5.26 Å². The molecule has 39 heavy (non-hydrogen) atoms. The lowest BCUT2D eigenvalue weighted by Gasteiger charge is -2.30.